The number of pyridine rings is 1. The standard InChI is InChI=1S/C27H23NS/c1-18-13-14-21(26-25(18)22-11-7-8-12-24(22)29-26)23-17-20(15-16-28-23)27(2,3)19-9-5-4-6-10-19/h4-17H,1-3H3/i1D3. The molecule has 0 spiro atoms. The van der Waals surface area contributed by atoms with Gasteiger partial charge in [-0.2, -0.15) is 0 Å². The van der Waals surface area contributed by atoms with Gasteiger partial charge >= 0.3 is 0 Å². The third kappa shape index (κ3) is 2.95. The molecule has 2 heteroatoms. The highest BCUT2D eigenvalue weighted by atomic mass is 32.1. The largest absolute Gasteiger partial charge is 0.256 e. The van der Waals surface area contributed by atoms with Gasteiger partial charge in [0, 0.05) is 41.5 Å². The molecule has 0 saturated carbocycles. The van der Waals surface area contributed by atoms with Gasteiger partial charge in [-0.25, -0.2) is 0 Å². The van der Waals surface area contributed by atoms with E-state index in [9.17, 15) is 0 Å². The average Bonchev–Trinajstić information content (AvgIpc) is 3.18. The van der Waals surface area contributed by atoms with Crippen molar-refractivity contribution in [2.75, 3.05) is 0 Å². The Bertz CT molecular complexity index is 1430. The summed E-state index contributed by atoms with van der Waals surface area (Å²) in [6.45, 7) is 2.26. The molecular formula is C27H23NS. The number of benzene rings is 3. The molecule has 0 fully saturated rings. The minimum Gasteiger partial charge on any atom is -0.256 e. The van der Waals surface area contributed by atoms with Gasteiger partial charge in [-0.3, -0.25) is 4.98 Å². The van der Waals surface area contributed by atoms with E-state index < -0.39 is 6.85 Å². The van der Waals surface area contributed by atoms with Crippen LogP contribution in [0.1, 0.15) is 34.7 Å². The maximum atomic E-state index is 8.08. The van der Waals surface area contributed by atoms with Crippen molar-refractivity contribution in [1.82, 2.24) is 4.98 Å². The van der Waals surface area contributed by atoms with E-state index in [0.29, 0.717) is 5.56 Å². The molecule has 1 nitrogen and oxygen atoms in total. The number of hydrogen-bond acceptors (Lipinski definition) is 2. The van der Waals surface area contributed by atoms with Crippen LogP contribution in [-0.2, 0) is 5.41 Å². The first-order chi connectivity index (χ1) is 15.3. The van der Waals surface area contributed by atoms with E-state index in [4.69, 9.17) is 9.10 Å². The van der Waals surface area contributed by atoms with Crippen molar-refractivity contribution in [3.63, 3.8) is 0 Å². The Morgan fingerprint density at radius 1 is 0.862 bits per heavy atom. The Labute approximate surface area is 179 Å². The fraction of sp³-hybridized carbons (Fsp3) is 0.148. The molecule has 0 saturated heterocycles. The van der Waals surface area contributed by atoms with Gasteiger partial charge in [-0.1, -0.05) is 74.5 Å². The number of rotatable bonds is 3. The van der Waals surface area contributed by atoms with Gasteiger partial charge in [-0.05, 0) is 41.7 Å². The molecule has 29 heavy (non-hydrogen) atoms. The number of nitrogens with zero attached hydrogens (tertiary/aromatic N) is 1. The van der Waals surface area contributed by atoms with Gasteiger partial charge in [-0.15, -0.1) is 11.3 Å². The van der Waals surface area contributed by atoms with Crippen LogP contribution >= 0.6 is 11.3 Å². The third-order valence-corrected chi connectivity index (χ3v) is 6.98. The molecule has 0 amide bonds. The molecule has 0 aliphatic heterocycles. The summed E-state index contributed by atoms with van der Waals surface area (Å²) >= 11 is 1.63. The van der Waals surface area contributed by atoms with Gasteiger partial charge in [0.2, 0.25) is 0 Å². The van der Waals surface area contributed by atoms with Crippen molar-refractivity contribution in [1.29, 1.82) is 0 Å². The molecule has 142 valence electrons. The summed E-state index contributed by atoms with van der Waals surface area (Å²) in [5.74, 6) is 0. The third-order valence-electron chi connectivity index (χ3n) is 5.78. The van der Waals surface area contributed by atoms with Gasteiger partial charge in [0.1, 0.15) is 0 Å². The van der Waals surface area contributed by atoms with E-state index in [1.165, 1.54) is 11.1 Å². The molecule has 0 atom stereocenters. The van der Waals surface area contributed by atoms with Crippen LogP contribution in [0.2, 0.25) is 0 Å². The molecular weight excluding hydrogens is 370 g/mol. The minimum absolute atomic E-state index is 0.184. The Morgan fingerprint density at radius 3 is 2.48 bits per heavy atom. The molecule has 0 aliphatic rings. The quantitative estimate of drug-likeness (QED) is 0.304. The lowest BCUT2D eigenvalue weighted by Crippen LogP contribution is -2.18. The molecule has 5 rings (SSSR count). The Morgan fingerprint density at radius 2 is 1.66 bits per heavy atom. The van der Waals surface area contributed by atoms with Crippen molar-refractivity contribution in [2.45, 2.75) is 26.1 Å². The van der Waals surface area contributed by atoms with Crippen molar-refractivity contribution in [3.05, 3.63) is 102 Å². The van der Waals surface area contributed by atoms with Crippen molar-refractivity contribution in [3.8, 4) is 11.3 Å². The van der Waals surface area contributed by atoms with Crippen LogP contribution in [0.15, 0.2) is 85.1 Å². The zero-order valence-corrected chi connectivity index (χ0v) is 17.3. The van der Waals surface area contributed by atoms with Crippen LogP contribution < -0.4 is 0 Å². The second kappa shape index (κ2) is 6.82. The highest BCUT2D eigenvalue weighted by Crippen LogP contribution is 2.42. The predicted octanol–water partition coefficient (Wildman–Crippen LogP) is 7.75. The number of aromatic nitrogens is 1. The summed E-state index contributed by atoms with van der Waals surface area (Å²) < 4.78 is 26.3. The number of aryl methyl sites for hydroxylation is 1. The molecule has 2 heterocycles. The smallest absolute Gasteiger partial charge is 0.0719 e. The summed E-state index contributed by atoms with van der Waals surface area (Å²) in [6.07, 6.45) is 1.85. The van der Waals surface area contributed by atoms with Crippen LogP contribution in [0.25, 0.3) is 31.4 Å². The summed E-state index contributed by atoms with van der Waals surface area (Å²) in [7, 11) is 0. The lowest BCUT2D eigenvalue weighted by atomic mass is 9.78. The van der Waals surface area contributed by atoms with E-state index in [1.807, 2.05) is 36.5 Å². The molecule has 3 aromatic carbocycles. The van der Waals surface area contributed by atoms with Crippen molar-refractivity contribution >= 4 is 31.5 Å². The zero-order chi connectivity index (χ0) is 22.5. The molecule has 5 aromatic rings. The highest BCUT2D eigenvalue weighted by molar-refractivity contribution is 7.26. The summed E-state index contributed by atoms with van der Waals surface area (Å²) in [4.78, 5) is 4.70. The topological polar surface area (TPSA) is 12.9 Å². The molecule has 0 unspecified atom stereocenters. The SMILES string of the molecule is [2H]C([2H])([2H])c1ccc(-c2cc(C(C)(C)c3ccccc3)ccn2)c2sc3ccccc3c12. The maximum absolute atomic E-state index is 8.08. The maximum Gasteiger partial charge on any atom is 0.0719 e. The first kappa shape index (κ1) is 14.9. The molecule has 2 aromatic heterocycles. The van der Waals surface area contributed by atoms with Crippen LogP contribution in [0.5, 0.6) is 0 Å². The Kier molecular flexibility index (Phi) is 3.52. The van der Waals surface area contributed by atoms with E-state index >= 15 is 0 Å². The van der Waals surface area contributed by atoms with Gasteiger partial charge in [0.15, 0.2) is 0 Å². The normalized spacial score (nSPS) is 13.9. The number of thiophene rings is 1. The highest BCUT2D eigenvalue weighted by Gasteiger charge is 2.24. The van der Waals surface area contributed by atoms with Crippen LogP contribution in [0, 0.1) is 6.85 Å². The van der Waals surface area contributed by atoms with E-state index in [1.54, 1.807) is 17.4 Å². The average molecular weight is 397 g/mol. The fourth-order valence-electron chi connectivity index (χ4n) is 4.02. The van der Waals surface area contributed by atoms with Crippen LogP contribution in [-0.4, -0.2) is 4.98 Å². The first-order valence-electron chi connectivity index (χ1n) is 11.2. The van der Waals surface area contributed by atoms with Gasteiger partial charge < -0.3 is 0 Å². The van der Waals surface area contributed by atoms with Gasteiger partial charge in [0.05, 0.1) is 5.69 Å². The second-order valence-corrected chi connectivity index (χ2v) is 8.94. The van der Waals surface area contributed by atoms with E-state index in [0.717, 1.165) is 31.4 Å². The summed E-state index contributed by atoms with van der Waals surface area (Å²) in [6, 6.07) is 26.3. The Hall–Kier alpha value is -2.97. The first-order valence-corrected chi connectivity index (χ1v) is 10.6. The molecule has 0 aliphatic carbocycles. The molecule has 0 bridgehead atoms. The molecule has 0 N–H and O–H groups in total. The lowest BCUT2D eigenvalue weighted by Gasteiger charge is -2.26. The minimum atomic E-state index is -2.18. The van der Waals surface area contributed by atoms with Crippen LogP contribution in [0.4, 0.5) is 0 Å². The Balaban J connectivity index is 1.74. The van der Waals surface area contributed by atoms with Crippen molar-refractivity contribution in [2.24, 2.45) is 0 Å². The fourth-order valence-corrected chi connectivity index (χ4v) is 5.27. The second-order valence-electron chi connectivity index (χ2n) is 7.88. The summed E-state index contributed by atoms with van der Waals surface area (Å²) in [5.41, 5.74) is 4.45. The number of fused-ring (bicyclic) bond motifs is 3. The van der Waals surface area contributed by atoms with Crippen molar-refractivity contribution < 1.29 is 4.11 Å². The van der Waals surface area contributed by atoms with E-state index in [2.05, 4.69) is 56.3 Å². The summed E-state index contributed by atoms with van der Waals surface area (Å²) in [5, 5.41) is 1.80. The monoisotopic (exact) mass is 396 g/mol. The predicted molar refractivity (Wildman–Crippen MR) is 126 cm³/mol. The molecule has 0 radical (unpaired) electrons. The van der Waals surface area contributed by atoms with Crippen LogP contribution in [0.3, 0.4) is 0 Å². The van der Waals surface area contributed by atoms with E-state index in [-0.39, 0.29) is 5.41 Å². The zero-order valence-electron chi connectivity index (χ0n) is 19.4. The number of hydrogen-bond donors (Lipinski definition) is 0. The lowest BCUT2D eigenvalue weighted by molar-refractivity contribution is 0.640. The van der Waals surface area contributed by atoms with Gasteiger partial charge in [0.25, 0.3) is 0 Å².